The van der Waals surface area contributed by atoms with Gasteiger partial charge in [-0.05, 0) is 48.7 Å². The highest BCUT2D eigenvalue weighted by Gasteiger charge is 2.15. The van der Waals surface area contributed by atoms with Gasteiger partial charge in [0.25, 0.3) is 5.91 Å². The van der Waals surface area contributed by atoms with Crippen LogP contribution in [-0.4, -0.2) is 22.6 Å². The molecule has 0 saturated heterocycles. The number of carbonyl (C=O) groups excluding carboxylic acids is 1. The van der Waals surface area contributed by atoms with Crippen molar-refractivity contribution in [3.63, 3.8) is 0 Å². The summed E-state index contributed by atoms with van der Waals surface area (Å²) in [5, 5.41) is 1.14. The molecule has 130 valence electrons. The van der Waals surface area contributed by atoms with Crippen LogP contribution in [0.1, 0.15) is 48.1 Å². The SMILES string of the molecule is CCC(C)c1cc2cc(OC)ccc2n1Cc1cccc(C(N)=O)n1. The summed E-state index contributed by atoms with van der Waals surface area (Å²) in [5.41, 5.74) is 8.84. The van der Waals surface area contributed by atoms with Gasteiger partial charge >= 0.3 is 0 Å². The van der Waals surface area contributed by atoms with E-state index in [1.54, 1.807) is 13.2 Å². The highest BCUT2D eigenvalue weighted by molar-refractivity contribution is 5.90. The third-order valence-corrected chi connectivity index (χ3v) is 4.64. The predicted molar refractivity (Wildman–Crippen MR) is 99.1 cm³/mol. The minimum absolute atomic E-state index is 0.292. The first-order valence-electron chi connectivity index (χ1n) is 8.46. The lowest BCUT2D eigenvalue weighted by atomic mass is 10.0. The van der Waals surface area contributed by atoms with Crippen LogP contribution in [0.25, 0.3) is 10.9 Å². The lowest BCUT2D eigenvalue weighted by molar-refractivity contribution is 0.0995. The zero-order valence-corrected chi connectivity index (χ0v) is 14.8. The first-order valence-corrected chi connectivity index (χ1v) is 8.46. The van der Waals surface area contributed by atoms with Crippen LogP contribution in [0, 0.1) is 0 Å². The maximum absolute atomic E-state index is 11.4. The molecule has 5 heteroatoms. The number of ether oxygens (including phenoxy) is 1. The number of nitrogens with zero attached hydrogens (tertiary/aromatic N) is 2. The number of amides is 1. The van der Waals surface area contributed by atoms with Crippen molar-refractivity contribution in [1.82, 2.24) is 9.55 Å². The first kappa shape index (κ1) is 17.0. The van der Waals surface area contributed by atoms with Crippen LogP contribution in [0.15, 0.2) is 42.5 Å². The minimum Gasteiger partial charge on any atom is -0.497 e. The van der Waals surface area contributed by atoms with Gasteiger partial charge in [-0.15, -0.1) is 0 Å². The maximum Gasteiger partial charge on any atom is 0.267 e. The van der Waals surface area contributed by atoms with Crippen molar-refractivity contribution in [3.8, 4) is 5.75 Å². The van der Waals surface area contributed by atoms with Crippen LogP contribution in [0.5, 0.6) is 5.75 Å². The Balaban J connectivity index is 2.10. The Morgan fingerprint density at radius 1 is 1.28 bits per heavy atom. The smallest absolute Gasteiger partial charge is 0.267 e. The van der Waals surface area contributed by atoms with Crippen LogP contribution in [0.3, 0.4) is 0 Å². The second-order valence-corrected chi connectivity index (χ2v) is 6.27. The summed E-state index contributed by atoms with van der Waals surface area (Å²) in [4.78, 5) is 15.8. The van der Waals surface area contributed by atoms with Crippen molar-refractivity contribution in [2.24, 2.45) is 5.73 Å². The lowest BCUT2D eigenvalue weighted by Crippen LogP contribution is -2.15. The van der Waals surface area contributed by atoms with Gasteiger partial charge in [0.2, 0.25) is 0 Å². The van der Waals surface area contributed by atoms with Crippen molar-refractivity contribution in [3.05, 3.63) is 59.5 Å². The first-order chi connectivity index (χ1) is 12.0. The van der Waals surface area contributed by atoms with Gasteiger partial charge in [0.1, 0.15) is 11.4 Å². The normalized spacial score (nSPS) is 12.3. The van der Waals surface area contributed by atoms with E-state index in [0.29, 0.717) is 18.2 Å². The zero-order chi connectivity index (χ0) is 18.0. The molecule has 2 N–H and O–H groups in total. The average Bonchev–Trinajstić information content (AvgIpc) is 2.98. The van der Waals surface area contributed by atoms with Crippen LogP contribution in [0.2, 0.25) is 0 Å². The van der Waals surface area contributed by atoms with Gasteiger partial charge in [-0.2, -0.15) is 0 Å². The van der Waals surface area contributed by atoms with Crippen LogP contribution in [0.4, 0.5) is 0 Å². The number of benzene rings is 1. The van der Waals surface area contributed by atoms with Crippen molar-refractivity contribution in [2.75, 3.05) is 7.11 Å². The van der Waals surface area contributed by atoms with E-state index in [1.807, 2.05) is 24.3 Å². The molecule has 1 aromatic carbocycles. The molecule has 0 saturated carbocycles. The number of hydrogen-bond donors (Lipinski definition) is 1. The Morgan fingerprint density at radius 3 is 2.76 bits per heavy atom. The van der Waals surface area contributed by atoms with Gasteiger partial charge in [0.15, 0.2) is 0 Å². The summed E-state index contributed by atoms with van der Waals surface area (Å²) in [6, 6.07) is 13.7. The molecule has 25 heavy (non-hydrogen) atoms. The quantitative estimate of drug-likeness (QED) is 0.745. The lowest BCUT2D eigenvalue weighted by Gasteiger charge is -2.15. The Labute approximate surface area is 147 Å². The van der Waals surface area contributed by atoms with E-state index in [-0.39, 0.29) is 0 Å². The number of fused-ring (bicyclic) bond motifs is 1. The molecule has 2 heterocycles. The van der Waals surface area contributed by atoms with Gasteiger partial charge in [-0.25, -0.2) is 4.98 Å². The van der Waals surface area contributed by atoms with Crippen molar-refractivity contribution < 1.29 is 9.53 Å². The molecule has 0 spiro atoms. The third-order valence-electron chi connectivity index (χ3n) is 4.64. The molecule has 5 nitrogen and oxygen atoms in total. The van der Waals surface area contributed by atoms with Gasteiger partial charge in [-0.1, -0.05) is 19.9 Å². The van der Waals surface area contributed by atoms with Gasteiger partial charge in [0.05, 0.1) is 19.3 Å². The van der Waals surface area contributed by atoms with Gasteiger partial charge in [0, 0.05) is 16.6 Å². The van der Waals surface area contributed by atoms with Gasteiger partial charge < -0.3 is 15.0 Å². The second kappa shape index (κ2) is 6.97. The molecule has 0 aliphatic heterocycles. The maximum atomic E-state index is 11.4. The number of pyridine rings is 1. The molecule has 1 amide bonds. The summed E-state index contributed by atoms with van der Waals surface area (Å²) < 4.78 is 7.61. The van der Waals surface area contributed by atoms with E-state index in [2.05, 4.69) is 35.5 Å². The molecule has 3 rings (SSSR count). The monoisotopic (exact) mass is 337 g/mol. The van der Waals surface area contributed by atoms with Crippen molar-refractivity contribution in [2.45, 2.75) is 32.7 Å². The van der Waals surface area contributed by atoms with E-state index in [0.717, 1.165) is 28.8 Å². The molecular formula is C20H23N3O2. The molecule has 0 aliphatic rings. The standard InChI is InChI=1S/C20H23N3O2/c1-4-13(2)19-11-14-10-16(25-3)8-9-18(14)23(19)12-15-6-5-7-17(22-15)20(21)24/h5-11,13H,4,12H2,1-3H3,(H2,21,24). The molecule has 3 aromatic rings. The fourth-order valence-electron chi connectivity index (χ4n) is 3.06. The van der Waals surface area contributed by atoms with E-state index in [1.165, 1.54) is 5.69 Å². The summed E-state index contributed by atoms with van der Waals surface area (Å²) in [7, 11) is 1.67. The largest absolute Gasteiger partial charge is 0.497 e. The number of primary amides is 1. The summed E-state index contributed by atoms with van der Waals surface area (Å²) in [6.45, 7) is 4.99. The second-order valence-electron chi connectivity index (χ2n) is 6.27. The van der Waals surface area contributed by atoms with E-state index < -0.39 is 5.91 Å². The van der Waals surface area contributed by atoms with Crippen LogP contribution >= 0.6 is 0 Å². The summed E-state index contributed by atoms with van der Waals surface area (Å²) >= 11 is 0. The molecule has 1 unspecified atom stereocenters. The van der Waals surface area contributed by atoms with E-state index in [9.17, 15) is 4.79 Å². The Hall–Kier alpha value is -2.82. The highest BCUT2D eigenvalue weighted by Crippen LogP contribution is 2.30. The number of aromatic nitrogens is 2. The molecule has 0 radical (unpaired) electrons. The molecule has 0 bridgehead atoms. The van der Waals surface area contributed by atoms with E-state index >= 15 is 0 Å². The topological polar surface area (TPSA) is 70.1 Å². The fourth-order valence-corrected chi connectivity index (χ4v) is 3.06. The summed E-state index contributed by atoms with van der Waals surface area (Å²) in [6.07, 6.45) is 1.04. The number of methoxy groups -OCH3 is 1. The fraction of sp³-hybridized carbons (Fsp3) is 0.300. The zero-order valence-electron chi connectivity index (χ0n) is 14.8. The van der Waals surface area contributed by atoms with Crippen molar-refractivity contribution >= 4 is 16.8 Å². The molecule has 1 atom stereocenters. The Morgan fingerprint density at radius 2 is 2.08 bits per heavy atom. The number of hydrogen-bond acceptors (Lipinski definition) is 3. The summed E-state index contributed by atoms with van der Waals surface area (Å²) in [5.74, 6) is 0.748. The predicted octanol–water partition coefficient (Wildman–Crippen LogP) is 3.71. The number of rotatable bonds is 6. The average molecular weight is 337 g/mol. The molecular weight excluding hydrogens is 314 g/mol. The van der Waals surface area contributed by atoms with Crippen LogP contribution in [-0.2, 0) is 6.54 Å². The minimum atomic E-state index is -0.508. The number of nitrogens with two attached hydrogens (primary N) is 1. The van der Waals surface area contributed by atoms with Crippen molar-refractivity contribution in [1.29, 1.82) is 0 Å². The van der Waals surface area contributed by atoms with E-state index in [4.69, 9.17) is 10.5 Å². The Kier molecular flexibility index (Phi) is 4.74. The molecule has 0 fully saturated rings. The molecule has 0 aliphatic carbocycles. The van der Waals surface area contributed by atoms with Gasteiger partial charge in [-0.3, -0.25) is 4.79 Å². The highest BCUT2D eigenvalue weighted by atomic mass is 16.5. The number of carbonyl (C=O) groups is 1. The van der Waals surface area contributed by atoms with Crippen LogP contribution < -0.4 is 10.5 Å². The molecule has 2 aromatic heterocycles. The third kappa shape index (κ3) is 3.36. The Bertz CT molecular complexity index is 914.